The Labute approximate surface area is 197 Å². The third kappa shape index (κ3) is 5.30. The number of anilines is 1. The molecule has 3 aromatic rings. The van der Waals surface area contributed by atoms with Gasteiger partial charge in [0.25, 0.3) is 0 Å². The van der Waals surface area contributed by atoms with Gasteiger partial charge in [0.05, 0.1) is 23.3 Å². The molecule has 1 aromatic heterocycles. The van der Waals surface area contributed by atoms with Crippen molar-refractivity contribution in [3.05, 3.63) is 64.0 Å². The molecule has 7 nitrogen and oxygen atoms in total. The van der Waals surface area contributed by atoms with Gasteiger partial charge in [-0.3, -0.25) is 14.6 Å². The highest BCUT2D eigenvalue weighted by Gasteiger charge is 2.27. The second-order valence-corrected chi connectivity index (χ2v) is 8.77. The van der Waals surface area contributed by atoms with Crippen LogP contribution in [0.1, 0.15) is 18.4 Å². The van der Waals surface area contributed by atoms with Gasteiger partial charge in [-0.2, -0.15) is 4.98 Å². The minimum absolute atomic E-state index is 0.0950. The van der Waals surface area contributed by atoms with E-state index in [0.29, 0.717) is 34.0 Å². The Hall–Kier alpha value is -2.45. The van der Waals surface area contributed by atoms with Gasteiger partial charge in [-0.15, -0.1) is 0 Å². The summed E-state index contributed by atoms with van der Waals surface area (Å²) in [4.78, 5) is 21.7. The van der Waals surface area contributed by atoms with Gasteiger partial charge >= 0.3 is 0 Å². The van der Waals surface area contributed by atoms with Gasteiger partial charge in [0.15, 0.2) is 0 Å². The molecule has 2 aromatic carbocycles. The molecule has 4 rings (SSSR count). The largest absolute Gasteiger partial charge is 0.338 e. The molecule has 0 aliphatic carbocycles. The normalized spacial score (nSPS) is 16.1. The van der Waals surface area contributed by atoms with Crippen molar-refractivity contribution in [2.45, 2.75) is 26.4 Å². The van der Waals surface area contributed by atoms with Crippen LogP contribution < -0.4 is 5.32 Å². The molecule has 1 atom stereocenters. The van der Waals surface area contributed by atoms with E-state index in [1.165, 1.54) is 0 Å². The van der Waals surface area contributed by atoms with Gasteiger partial charge in [-0.1, -0.05) is 52.6 Å². The Morgan fingerprint density at radius 1 is 1.16 bits per heavy atom. The number of piperazine rings is 1. The third-order valence-electron chi connectivity index (χ3n) is 5.74. The number of amides is 1. The summed E-state index contributed by atoms with van der Waals surface area (Å²) in [7, 11) is 0. The Morgan fingerprint density at radius 2 is 1.91 bits per heavy atom. The van der Waals surface area contributed by atoms with E-state index < -0.39 is 0 Å². The summed E-state index contributed by atoms with van der Waals surface area (Å²) >= 11 is 12.1. The van der Waals surface area contributed by atoms with Gasteiger partial charge in [0.2, 0.25) is 17.6 Å². The first-order valence-corrected chi connectivity index (χ1v) is 11.3. The van der Waals surface area contributed by atoms with Crippen LogP contribution in [0, 0.1) is 6.92 Å². The number of hydrogen-bond acceptors (Lipinski definition) is 6. The average Bonchev–Trinajstić information content (AvgIpc) is 3.24. The number of hydrogen-bond donors (Lipinski definition) is 1. The van der Waals surface area contributed by atoms with E-state index >= 15 is 0 Å². The highest BCUT2D eigenvalue weighted by Crippen LogP contribution is 2.26. The fourth-order valence-corrected chi connectivity index (χ4v) is 4.20. The van der Waals surface area contributed by atoms with Crippen LogP contribution in [0.15, 0.2) is 47.0 Å². The van der Waals surface area contributed by atoms with Crippen molar-refractivity contribution in [1.82, 2.24) is 19.9 Å². The predicted octanol–water partition coefficient (Wildman–Crippen LogP) is 4.50. The van der Waals surface area contributed by atoms with E-state index in [-0.39, 0.29) is 11.9 Å². The zero-order valence-corrected chi connectivity index (χ0v) is 19.5. The Balaban J connectivity index is 1.29. The highest BCUT2D eigenvalue weighted by molar-refractivity contribution is 6.36. The Morgan fingerprint density at radius 3 is 2.62 bits per heavy atom. The molecule has 9 heteroatoms. The van der Waals surface area contributed by atoms with Crippen LogP contribution in [0.5, 0.6) is 0 Å². The molecular weight excluding hydrogens is 449 g/mol. The molecule has 1 aliphatic rings. The number of carbonyl (C=O) groups excluding carboxylic acids is 1. The van der Waals surface area contributed by atoms with Gasteiger partial charge in [-0.25, -0.2) is 0 Å². The minimum atomic E-state index is -0.278. The maximum Gasteiger partial charge on any atom is 0.241 e. The maximum absolute atomic E-state index is 12.7. The lowest BCUT2D eigenvalue weighted by molar-refractivity contribution is -0.121. The molecule has 32 heavy (non-hydrogen) atoms. The second kappa shape index (κ2) is 10.0. The first-order chi connectivity index (χ1) is 15.4. The number of aromatic nitrogens is 2. The summed E-state index contributed by atoms with van der Waals surface area (Å²) in [5, 5.41) is 7.98. The summed E-state index contributed by atoms with van der Waals surface area (Å²) in [6, 6.07) is 12.7. The van der Waals surface area contributed by atoms with E-state index in [4.69, 9.17) is 27.7 Å². The lowest BCUT2D eigenvalue weighted by Crippen LogP contribution is -2.52. The molecule has 0 radical (unpaired) electrons. The van der Waals surface area contributed by atoms with Gasteiger partial charge in [0, 0.05) is 36.8 Å². The Bertz CT molecular complexity index is 1100. The fraction of sp³-hybridized carbons (Fsp3) is 0.348. The molecule has 0 saturated carbocycles. The first-order valence-electron chi connectivity index (χ1n) is 10.5. The van der Waals surface area contributed by atoms with Crippen molar-refractivity contribution in [3.63, 3.8) is 0 Å². The van der Waals surface area contributed by atoms with Crippen LogP contribution in [0.4, 0.5) is 5.69 Å². The maximum atomic E-state index is 12.7. The smallest absolute Gasteiger partial charge is 0.241 e. The molecule has 1 fully saturated rings. The molecular formula is C23H25Cl2N5O2. The average molecular weight is 474 g/mol. The minimum Gasteiger partial charge on any atom is -0.338 e. The number of nitrogens with zero attached hydrogens (tertiary/aromatic N) is 4. The molecule has 1 unspecified atom stereocenters. The molecule has 0 spiro atoms. The van der Waals surface area contributed by atoms with E-state index in [2.05, 4.69) is 25.3 Å². The highest BCUT2D eigenvalue weighted by atomic mass is 35.5. The summed E-state index contributed by atoms with van der Waals surface area (Å²) < 4.78 is 5.47. The molecule has 168 valence electrons. The predicted molar refractivity (Wildman–Crippen MR) is 126 cm³/mol. The standard InChI is InChI=1S/C23H25Cl2N5O2/c1-15-5-3-4-6-18(15)22-27-21(32-28-22)14-29-9-11-30(12-10-29)16(2)23(31)26-20-8-7-17(24)13-19(20)25/h3-8,13,16H,9-12,14H2,1-2H3,(H,26,31). The number of benzene rings is 2. The van der Waals surface area contributed by atoms with Gasteiger partial charge in [0.1, 0.15) is 0 Å². The lowest BCUT2D eigenvalue weighted by Gasteiger charge is -2.36. The van der Waals surface area contributed by atoms with E-state index in [1.807, 2.05) is 38.1 Å². The number of halogens is 2. The number of carbonyl (C=O) groups is 1. The topological polar surface area (TPSA) is 74.5 Å². The summed E-state index contributed by atoms with van der Waals surface area (Å²) in [6.07, 6.45) is 0. The SMILES string of the molecule is Cc1ccccc1-c1noc(CN2CCN(C(C)C(=O)Nc3ccc(Cl)cc3Cl)CC2)n1. The quantitative estimate of drug-likeness (QED) is 0.567. The molecule has 1 aliphatic heterocycles. The number of rotatable bonds is 6. The van der Waals surface area contributed by atoms with Crippen LogP contribution in [0.3, 0.4) is 0 Å². The van der Waals surface area contributed by atoms with Crippen LogP contribution in [0.2, 0.25) is 10.0 Å². The second-order valence-electron chi connectivity index (χ2n) is 7.93. The van der Waals surface area contributed by atoms with Crippen molar-refractivity contribution in [2.75, 3.05) is 31.5 Å². The van der Waals surface area contributed by atoms with E-state index in [0.717, 1.165) is 37.3 Å². The monoisotopic (exact) mass is 473 g/mol. The lowest BCUT2D eigenvalue weighted by atomic mass is 10.1. The van der Waals surface area contributed by atoms with E-state index in [1.54, 1.807) is 18.2 Å². The molecule has 0 bridgehead atoms. The zero-order chi connectivity index (χ0) is 22.7. The van der Waals surface area contributed by atoms with Crippen molar-refractivity contribution in [2.24, 2.45) is 0 Å². The molecule has 1 N–H and O–H groups in total. The van der Waals surface area contributed by atoms with Crippen LogP contribution in [-0.2, 0) is 11.3 Å². The number of nitrogens with one attached hydrogen (secondary N) is 1. The van der Waals surface area contributed by atoms with Gasteiger partial charge < -0.3 is 9.84 Å². The summed E-state index contributed by atoms with van der Waals surface area (Å²) in [5.41, 5.74) is 2.65. The van der Waals surface area contributed by atoms with Crippen molar-refractivity contribution in [1.29, 1.82) is 0 Å². The zero-order valence-electron chi connectivity index (χ0n) is 18.0. The van der Waals surface area contributed by atoms with Crippen molar-refractivity contribution in [3.8, 4) is 11.4 Å². The van der Waals surface area contributed by atoms with Crippen LogP contribution in [0.25, 0.3) is 11.4 Å². The van der Waals surface area contributed by atoms with Crippen LogP contribution >= 0.6 is 23.2 Å². The molecule has 2 heterocycles. The third-order valence-corrected chi connectivity index (χ3v) is 6.28. The van der Waals surface area contributed by atoms with Gasteiger partial charge in [-0.05, 0) is 37.6 Å². The summed E-state index contributed by atoms with van der Waals surface area (Å²) in [5.74, 6) is 1.12. The summed E-state index contributed by atoms with van der Waals surface area (Å²) in [6.45, 7) is 7.67. The number of aryl methyl sites for hydroxylation is 1. The fourth-order valence-electron chi connectivity index (χ4n) is 3.75. The van der Waals surface area contributed by atoms with Crippen molar-refractivity contribution < 1.29 is 9.32 Å². The van der Waals surface area contributed by atoms with E-state index in [9.17, 15) is 4.79 Å². The Kier molecular flexibility index (Phi) is 7.10. The first kappa shape index (κ1) is 22.7. The van der Waals surface area contributed by atoms with Crippen LogP contribution in [-0.4, -0.2) is 58.1 Å². The molecule has 1 amide bonds. The van der Waals surface area contributed by atoms with Crippen molar-refractivity contribution >= 4 is 34.8 Å². The molecule has 1 saturated heterocycles.